The molecule has 0 spiro atoms. The van der Waals surface area contributed by atoms with Gasteiger partial charge in [-0.25, -0.2) is 4.39 Å². The van der Waals surface area contributed by atoms with Crippen LogP contribution in [0.5, 0.6) is 5.75 Å². The maximum Gasteiger partial charge on any atom is 0.220 e. The second kappa shape index (κ2) is 6.24. The third kappa shape index (κ3) is 3.09. The number of hydrogen-bond acceptors (Lipinski definition) is 3. The van der Waals surface area contributed by atoms with Crippen LogP contribution in [0.15, 0.2) is 18.2 Å². The summed E-state index contributed by atoms with van der Waals surface area (Å²) in [4.78, 5) is 13.8. The first kappa shape index (κ1) is 15.3. The zero-order valence-corrected chi connectivity index (χ0v) is 13.1. The van der Waals surface area contributed by atoms with Gasteiger partial charge in [0.05, 0.1) is 7.11 Å². The summed E-state index contributed by atoms with van der Waals surface area (Å²) >= 11 is 0. The molecule has 1 aromatic rings. The van der Waals surface area contributed by atoms with E-state index in [0.29, 0.717) is 30.8 Å². The lowest BCUT2D eigenvalue weighted by atomic mass is 9.89. The first-order chi connectivity index (χ1) is 10.6. The Kier molecular flexibility index (Phi) is 4.34. The molecule has 1 aliphatic carbocycles. The molecule has 3 atom stereocenters. The molecule has 1 saturated carbocycles. The van der Waals surface area contributed by atoms with Crippen molar-refractivity contribution in [1.82, 2.24) is 10.2 Å². The van der Waals surface area contributed by atoms with Crippen LogP contribution in [0.1, 0.15) is 24.8 Å². The number of rotatable bonds is 4. The first-order valence-electron chi connectivity index (χ1n) is 7.86. The van der Waals surface area contributed by atoms with Crippen LogP contribution in [0, 0.1) is 17.7 Å². The molecule has 1 aliphatic heterocycles. The van der Waals surface area contributed by atoms with Gasteiger partial charge in [-0.3, -0.25) is 9.69 Å². The van der Waals surface area contributed by atoms with E-state index in [0.717, 1.165) is 24.9 Å². The Morgan fingerprint density at radius 1 is 1.36 bits per heavy atom. The number of hydrogen-bond donors (Lipinski definition) is 1. The van der Waals surface area contributed by atoms with Crippen molar-refractivity contribution in [3.63, 3.8) is 0 Å². The van der Waals surface area contributed by atoms with Crippen LogP contribution >= 0.6 is 0 Å². The molecule has 22 heavy (non-hydrogen) atoms. The predicted octanol–water partition coefficient (Wildman–Crippen LogP) is 2.18. The van der Waals surface area contributed by atoms with Crippen molar-refractivity contribution < 1.29 is 13.9 Å². The molecular weight excluding hydrogens is 283 g/mol. The van der Waals surface area contributed by atoms with Crippen molar-refractivity contribution in [2.24, 2.45) is 11.8 Å². The lowest BCUT2D eigenvalue weighted by molar-refractivity contribution is -0.124. The SMILES string of the molecule is COc1ccc(CN(C)[C@H]2C[C@H]3CNC(=O)C[C@H]3C2)cc1F. The van der Waals surface area contributed by atoms with Crippen LogP contribution < -0.4 is 10.1 Å². The lowest BCUT2D eigenvalue weighted by Crippen LogP contribution is -2.38. The molecule has 0 unspecified atom stereocenters. The van der Waals surface area contributed by atoms with E-state index in [9.17, 15) is 9.18 Å². The van der Waals surface area contributed by atoms with Crippen molar-refractivity contribution in [1.29, 1.82) is 0 Å². The molecule has 4 nitrogen and oxygen atoms in total. The monoisotopic (exact) mass is 306 g/mol. The smallest absolute Gasteiger partial charge is 0.220 e. The molecule has 1 N–H and O–H groups in total. The minimum absolute atomic E-state index is 0.182. The van der Waals surface area contributed by atoms with Gasteiger partial charge in [0.15, 0.2) is 11.6 Å². The highest BCUT2D eigenvalue weighted by Crippen LogP contribution is 2.38. The number of amides is 1. The Bertz CT molecular complexity index is 564. The number of nitrogens with zero attached hydrogens (tertiary/aromatic N) is 1. The van der Waals surface area contributed by atoms with Gasteiger partial charge in [0.1, 0.15) is 0 Å². The highest BCUT2D eigenvalue weighted by molar-refractivity contribution is 5.77. The second-order valence-electron chi connectivity index (χ2n) is 6.54. The molecule has 0 bridgehead atoms. The summed E-state index contributed by atoms with van der Waals surface area (Å²) in [5, 5.41) is 2.96. The fraction of sp³-hybridized carbons (Fsp3) is 0.588. The summed E-state index contributed by atoms with van der Waals surface area (Å²) in [6.07, 6.45) is 2.83. The molecule has 120 valence electrons. The Morgan fingerprint density at radius 3 is 2.86 bits per heavy atom. The van der Waals surface area contributed by atoms with Crippen molar-refractivity contribution in [2.45, 2.75) is 31.8 Å². The highest BCUT2D eigenvalue weighted by Gasteiger charge is 2.39. The van der Waals surface area contributed by atoms with E-state index in [1.807, 2.05) is 6.07 Å². The molecule has 1 amide bonds. The topological polar surface area (TPSA) is 41.6 Å². The average molecular weight is 306 g/mol. The number of benzene rings is 1. The molecular formula is C17H23FN2O2. The predicted molar refractivity (Wildman–Crippen MR) is 82.0 cm³/mol. The normalized spacial score (nSPS) is 27.6. The summed E-state index contributed by atoms with van der Waals surface area (Å²) in [7, 11) is 3.55. The number of carbonyl (C=O) groups excluding carboxylic acids is 1. The Labute approximate surface area is 130 Å². The first-order valence-corrected chi connectivity index (χ1v) is 7.86. The molecule has 2 fully saturated rings. The van der Waals surface area contributed by atoms with Crippen LogP contribution in [0.2, 0.25) is 0 Å². The Morgan fingerprint density at radius 2 is 2.14 bits per heavy atom. The number of ether oxygens (including phenoxy) is 1. The molecule has 5 heteroatoms. The molecule has 0 aromatic heterocycles. The fourth-order valence-electron chi connectivity index (χ4n) is 3.82. The lowest BCUT2D eigenvalue weighted by Gasteiger charge is -2.24. The van der Waals surface area contributed by atoms with Gasteiger partial charge in [0, 0.05) is 25.6 Å². The number of nitrogens with one attached hydrogen (secondary N) is 1. The summed E-state index contributed by atoms with van der Waals surface area (Å²) in [6, 6.07) is 5.59. The third-order valence-electron chi connectivity index (χ3n) is 5.10. The molecule has 3 rings (SSSR count). The number of halogens is 1. The minimum Gasteiger partial charge on any atom is -0.494 e. The van der Waals surface area contributed by atoms with Crippen molar-refractivity contribution in [3.05, 3.63) is 29.6 Å². The summed E-state index contributed by atoms with van der Waals surface area (Å²) in [5.74, 6) is 1.25. The van der Waals surface area contributed by atoms with E-state index in [4.69, 9.17) is 4.74 Å². The van der Waals surface area contributed by atoms with Crippen molar-refractivity contribution in [2.75, 3.05) is 20.7 Å². The van der Waals surface area contributed by atoms with Gasteiger partial charge in [0.25, 0.3) is 0 Å². The third-order valence-corrected chi connectivity index (χ3v) is 5.10. The largest absolute Gasteiger partial charge is 0.494 e. The summed E-state index contributed by atoms with van der Waals surface area (Å²) in [6.45, 7) is 1.53. The van der Waals surface area contributed by atoms with Crippen molar-refractivity contribution >= 4 is 5.91 Å². The maximum absolute atomic E-state index is 13.8. The van der Waals surface area contributed by atoms with Gasteiger partial charge in [-0.1, -0.05) is 6.07 Å². The van der Waals surface area contributed by atoms with Gasteiger partial charge >= 0.3 is 0 Å². The zero-order chi connectivity index (χ0) is 15.7. The molecule has 1 saturated heterocycles. The van der Waals surface area contributed by atoms with E-state index in [2.05, 4.69) is 17.3 Å². The maximum atomic E-state index is 13.8. The second-order valence-corrected chi connectivity index (χ2v) is 6.54. The average Bonchev–Trinajstić information content (AvgIpc) is 2.90. The van der Waals surface area contributed by atoms with Crippen LogP contribution in [-0.4, -0.2) is 37.6 Å². The number of fused-ring (bicyclic) bond motifs is 1. The zero-order valence-electron chi connectivity index (χ0n) is 13.1. The van der Waals surface area contributed by atoms with Crippen molar-refractivity contribution in [3.8, 4) is 5.75 Å². The van der Waals surface area contributed by atoms with E-state index in [1.54, 1.807) is 12.1 Å². The van der Waals surface area contributed by atoms with Crippen LogP contribution in [0.25, 0.3) is 0 Å². The molecule has 0 radical (unpaired) electrons. The van der Waals surface area contributed by atoms with Crippen LogP contribution in [-0.2, 0) is 11.3 Å². The highest BCUT2D eigenvalue weighted by atomic mass is 19.1. The molecule has 1 heterocycles. The minimum atomic E-state index is -0.316. The van der Waals surface area contributed by atoms with Gasteiger partial charge in [-0.05, 0) is 49.4 Å². The summed E-state index contributed by atoms with van der Waals surface area (Å²) in [5.41, 5.74) is 0.949. The Balaban J connectivity index is 1.61. The van der Waals surface area contributed by atoms with E-state index < -0.39 is 0 Å². The number of methoxy groups -OCH3 is 1. The Hall–Kier alpha value is -1.62. The van der Waals surface area contributed by atoms with Gasteiger partial charge in [0.2, 0.25) is 5.91 Å². The van der Waals surface area contributed by atoms with Crippen LogP contribution in [0.4, 0.5) is 4.39 Å². The van der Waals surface area contributed by atoms with E-state index >= 15 is 0 Å². The standard InChI is InChI=1S/C17H23FN2O2/c1-20(10-11-3-4-16(22-2)15(18)5-11)14-6-12-8-17(21)19-9-13(12)7-14/h3-5,12-14H,6-10H2,1-2H3,(H,19,21)/t12-,13+,14-/m1/s1. The fourth-order valence-corrected chi connectivity index (χ4v) is 3.82. The molecule has 1 aromatic carbocycles. The number of piperidine rings is 1. The summed E-state index contributed by atoms with van der Waals surface area (Å²) < 4.78 is 18.7. The van der Waals surface area contributed by atoms with Gasteiger partial charge < -0.3 is 10.1 Å². The van der Waals surface area contributed by atoms with E-state index in [-0.39, 0.29) is 17.5 Å². The van der Waals surface area contributed by atoms with Gasteiger partial charge in [-0.2, -0.15) is 0 Å². The number of carbonyl (C=O) groups is 1. The van der Waals surface area contributed by atoms with E-state index in [1.165, 1.54) is 7.11 Å². The quantitative estimate of drug-likeness (QED) is 0.927. The van der Waals surface area contributed by atoms with Crippen LogP contribution in [0.3, 0.4) is 0 Å². The van der Waals surface area contributed by atoms with Gasteiger partial charge in [-0.15, -0.1) is 0 Å². The molecule has 2 aliphatic rings.